The molecule has 5 nitrogen and oxygen atoms in total. The molecule has 0 radical (unpaired) electrons. The van der Waals surface area contributed by atoms with Crippen LogP contribution in [0.4, 0.5) is 0 Å². The first-order valence-corrected chi connectivity index (χ1v) is 10.7. The average molecular weight is 366 g/mol. The third-order valence-electron chi connectivity index (χ3n) is 4.10. The van der Waals surface area contributed by atoms with Gasteiger partial charge in [0.05, 0.1) is 22.0 Å². The second kappa shape index (κ2) is 6.31. The van der Waals surface area contributed by atoms with Crippen LogP contribution in [0.3, 0.4) is 0 Å². The highest BCUT2D eigenvalue weighted by Crippen LogP contribution is 2.34. The van der Waals surface area contributed by atoms with Crippen molar-refractivity contribution in [2.75, 3.05) is 0 Å². The smallest absolute Gasteiger partial charge is 0.196 e. The number of ether oxygens (including phenoxy) is 1. The number of epoxide rings is 1. The molecule has 128 valence electrons. The van der Waals surface area contributed by atoms with Crippen LogP contribution in [0.15, 0.2) is 70.5 Å². The molecule has 0 spiro atoms. The largest absolute Gasteiger partial charge is 0.370 e. The van der Waals surface area contributed by atoms with Crippen LogP contribution >= 0.6 is 0 Å². The van der Waals surface area contributed by atoms with Crippen molar-refractivity contribution in [2.24, 2.45) is 0 Å². The summed E-state index contributed by atoms with van der Waals surface area (Å²) in [6.45, 7) is 1.80. The van der Waals surface area contributed by atoms with Gasteiger partial charge in [-0.05, 0) is 31.2 Å². The Kier molecular flexibility index (Phi) is 4.50. The molecule has 0 aliphatic carbocycles. The molecule has 2 aromatic carbocycles. The predicted octanol–water partition coefficient (Wildman–Crippen LogP) is 2.44. The molecule has 0 saturated carbocycles. The summed E-state index contributed by atoms with van der Waals surface area (Å²) in [5, 5.41) is 0. The Labute approximate surface area is 142 Å². The summed E-state index contributed by atoms with van der Waals surface area (Å²) in [7, 11) is -8.11. The van der Waals surface area contributed by atoms with Gasteiger partial charge in [-0.3, -0.25) is 0 Å². The number of rotatable bonds is 6. The zero-order valence-corrected chi connectivity index (χ0v) is 14.7. The van der Waals surface area contributed by atoms with E-state index in [0.29, 0.717) is 0 Å². The van der Waals surface area contributed by atoms with Crippen molar-refractivity contribution in [3.05, 3.63) is 60.7 Å². The molecule has 1 aliphatic rings. The summed E-state index contributed by atoms with van der Waals surface area (Å²) in [5.41, 5.74) is 0. The van der Waals surface area contributed by atoms with Crippen LogP contribution in [0, 0.1) is 0 Å². The van der Waals surface area contributed by atoms with Crippen molar-refractivity contribution >= 4 is 19.7 Å². The van der Waals surface area contributed by atoms with Gasteiger partial charge >= 0.3 is 0 Å². The average Bonchev–Trinajstić information content (AvgIpc) is 3.29. The molecule has 0 bridgehead atoms. The number of benzene rings is 2. The lowest BCUT2D eigenvalue weighted by atomic mass is 10.3. The van der Waals surface area contributed by atoms with Gasteiger partial charge in [0, 0.05) is 6.42 Å². The van der Waals surface area contributed by atoms with Gasteiger partial charge in [0.2, 0.25) is 0 Å². The van der Waals surface area contributed by atoms with Crippen LogP contribution in [-0.2, 0) is 24.4 Å². The molecule has 24 heavy (non-hydrogen) atoms. The van der Waals surface area contributed by atoms with E-state index in [0.717, 1.165) is 0 Å². The Balaban J connectivity index is 2.07. The summed E-state index contributed by atoms with van der Waals surface area (Å²) in [5.74, 6) is 0. The summed E-state index contributed by atoms with van der Waals surface area (Å²) in [4.78, 5) is 0.00520. The zero-order valence-electron chi connectivity index (χ0n) is 13.1. The quantitative estimate of drug-likeness (QED) is 0.734. The monoisotopic (exact) mass is 366 g/mol. The highest BCUT2D eigenvalue weighted by Gasteiger charge is 2.46. The maximum absolute atomic E-state index is 13.0. The normalized spacial score (nSPS) is 20.9. The molecule has 1 aliphatic heterocycles. The molecule has 7 heteroatoms. The highest BCUT2D eigenvalue weighted by molar-refractivity contribution is 8.09. The number of hydrogen-bond donors (Lipinski definition) is 0. The van der Waals surface area contributed by atoms with Gasteiger partial charge < -0.3 is 4.74 Å². The van der Waals surface area contributed by atoms with Crippen LogP contribution < -0.4 is 0 Å². The van der Waals surface area contributed by atoms with E-state index in [9.17, 15) is 16.8 Å². The maximum atomic E-state index is 13.0. The van der Waals surface area contributed by atoms with Gasteiger partial charge in [-0.25, -0.2) is 16.8 Å². The topological polar surface area (TPSA) is 80.8 Å². The Hall–Kier alpha value is -1.70. The second-order valence-electron chi connectivity index (χ2n) is 5.76. The van der Waals surface area contributed by atoms with E-state index in [-0.39, 0.29) is 28.4 Å². The van der Waals surface area contributed by atoms with Crippen molar-refractivity contribution in [1.82, 2.24) is 0 Å². The first-order valence-electron chi connectivity index (χ1n) is 7.57. The molecule has 0 amide bonds. The van der Waals surface area contributed by atoms with Crippen molar-refractivity contribution in [1.29, 1.82) is 0 Å². The zero-order chi connectivity index (χ0) is 17.4. The molecule has 3 rings (SSSR count). The minimum Gasteiger partial charge on any atom is -0.370 e. The van der Waals surface area contributed by atoms with Crippen molar-refractivity contribution < 1.29 is 21.6 Å². The van der Waals surface area contributed by atoms with Crippen LogP contribution in [0.1, 0.15) is 13.3 Å². The molecular weight excluding hydrogens is 348 g/mol. The highest BCUT2D eigenvalue weighted by atomic mass is 32.3. The summed E-state index contributed by atoms with van der Waals surface area (Å²) >= 11 is 0. The lowest BCUT2D eigenvalue weighted by molar-refractivity contribution is 0.372. The Bertz CT molecular complexity index is 836. The third kappa shape index (κ3) is 3.24. The van der Waals surface area contributed by atoms with Crippen LogP contribution in [-0.4, -0.2) is 33.6 Å². The molecule has 1 heterocycles. The first-order chi connectivity index (χ1) is 11.3. The van der Waals surface area contributed by atoms with Crippen LogP contribution in [0.5, 0.6) is 0 Å². The van der Waals surface area contributed by atoms with Gasteiger partial charge in [0.25, 0.3) is 0 Å². The fourth-order valence-electron chi connectivity index (χ4n) is 2.61. The molecule has 0 aromatic heterocycles. The molecule has 0 unspecified atom stereocenters. The summed E-state index contributed by atoms with van der Waals surface area (Å²) < 4.78 is 55.7. The summed E-state index contributed by atoms with van der Waals surface area (Å²) in [6.07, 6.45) is -0.549. The number of hydrogen-bond acceptors (Lipinski definition) is 5. The predicted molar refractivity (Wildman–Crippen MR) is 90.0 cm³/mol. The van der Waals surface area contributed by atoms with E-state index in [4.69, 9.17) is 4.74 Å². The van der Waals surface area contributed by atoms with Gasteiger partial charge in [-0.15, -0.1) is 0 Å². The van der Waals surface area contributed by atoms with E-state index in [1.807, 2.05) is 0 Å². The van der Waals surface area contributed by atoms with Gasteiger partial charge in [-0.1, -0.05) is 36.4 Å². The molecule has 1 saturated heterocycles. The summed E-state index contributed by atoms with van der Waals surface area (Å²) in [6, 6.07) is 15.4. The Morgan fingerprint density at radius 2 is 1.21 bits per heavy atom. The first kappa shape index (κ1) is 17.1. The Morgan fingerprint density at radius 1 is 0.833 bits per heavy atom. The SMILES string of the molecule is C[C@H]1O[C@H]1CC(S(=O)(=O)c1ccccc1)S(=O)(=O)c1ccccc1. The minimum absolute atomic E-state index is 0.00260. The lowest BCUT2D eigenvalue weighted by Gasteiger charge is -2.18. The van der Waals surface area contributed by atoms with E-state index < -0.39 is 24.3 Å². The molecule has 1 fully saturated rings. The van der Waals surface area contributed by atoms with Gasteiger partial charge in [-0.2, -0.15) is 0 Å². The molecule has 2 aromatic rings. The van der Waals surface area contributed by atoms with Crippen LogP contribution in [0.2, 0.25) is 0 Å². The fourth-order valence-corrected chi connectivity index (χ4v) is 7.18. The van der Waals surface area contributed by atoms with E-state index in [1.165, 1.54) is 24.3 Å². The van der Waals surface area contributed by atoms with E-state index in [2.05, 4.69) is 0 Å². The standard InChI is InChI=1S/C17H18O5S2/c1-13-16(22-13)12-17(23(18,19)14-8-4-2-5-9-14)24(20,21)15-10-6-3-7-11-15/h2-11,13,16-17H,12H2,1H3/t13-,16+/m1/s1. The van der Waals surface area contributed by atoms with Crippen LogP contribution in [0.25, 0.3) is 0 Å². The fraction of sp³-hybridized carbons (Fsp3) is 0.294. The minimum atomic E-state index is -4.05. The molecule has 2 atom stereocenters. The van der Waals surface area contributed by atoms with Gasteiger partial charge in [0.1, 0.15) is 0 Å². The van der Waals surface area contributed by atoms with Crippen molar-refractivity contribution in [3.8, 4) is 0 Å². The second-order valence-corrected chi connectivity index (χ2v) is 10.3. The number of sulfone groups is 2. The van der Waals surface area contributed by atoms with E-state index >= 15 is 0 Å². The van der Waals surface area contributed by atoms with E-state index in [1.54, 1.807) is 43.3 Å². The third-order valence-corrected chi connectivity index (χ3v) is 9.24. The van der Waals surface area contributed by atoms with Crippen molar-refractivity contribution in [2.45, 2.75) is 39.9 Å². The lowest BCUT2D eigenvalue weighted by Crippen LogP contribution is -2.32. The van der Waals surface area contributed by atoms with Gasteiger partial charge in [0.15, 0.2) is 24.3 Å². The maximum Gasteiger partial charge on any atom is 0.196 e. The van der Waals surface area contributed by atoms with Crippen molar-refractivity contribution in [3.63, 3.8) is 0 Å². The molecule has 0 N–H and O–H groups in total. The Morgan fingerprint density at radius 3 is 1.54 bits per heavy atom. The molecular formula is C17H18O5S2.